The molecule has 0 aliphatic rings. The molecule has 2 atom stereocenters. The third-order valence-electron chi connectivity index (χ3n) is 14.8. The minimum atomic E-state index is -4.39. The van der Waals surface area contributed by atoms with Gasteiger partial charge in [0, 0.05) is 12.8 Å². The zero-order chi connectivity index (χ0) is 57.7. The number of phosphoric acid groups is 1. The third-order valence-corrected chi connectivity index (χ3v) is 15.8. The summed E-state index contributed by atoms with van der Waals surface area (Å²) in [5, 5.41) is 0. The Bertz CT molecular complexity index is 1520. The monoisotopic (exact) mass is 1130 g/mol. The molecule has 2 unspecified atom stereocenters. The van der Waals surface area contributed by atoms with E-state index in [2.05, 4.69) is 74.6 Å². The van der Waals surface area contributed by atoms with Gasteiger partial charge < -0.3 is 18.9 Å². The highest BCUT2D eigenvalue weighted by Crippen LogP contribution is 2.43. The molecule has 0 aliphatic heterocycles. The third kappa shape index (κ3) is 64.7. The first-order valence-electron chi connectivity index (χ1n) is 33.5. The molecule has 0 aromatic rings. The van der Waals surface area contributed by atoms with Crippen molar-refractivity contribution in [1.29, 1.82) is 0 Å². The van der Waals surface area contributed by atoms with E-state index in [9.17, 15) is 19.0 Å². The molecule has 9 nitrogen and oxygen atoms in total. The van der Waals surface area contributed by atoms with Gasteiger partial charge in [0.25, 0.3) is 0 Å². The number of allylic oxidation sites excluding steroid dienone is 10. The molecule has 462 valence electrons. The van der Waals surface area contributed by atoms with Crippen molar-refractivity contribution in [2.75, 3.05) is 47.5 Å². The second-order valence-corrected chi connectivity index (χ2v) is 25.3. The lowest BCUT2D eigenvalue weighted by Crippen LogP contribution is -2.37. The fourth-order valence-corrected chi connectivity index (χ4v) is 10.4. The highest BCUT2D eigenvalue weighted by molar-refractivity contribution is 7.47. The highest BCUT2D eigenvalue weighted by Gasteiger charge is 2.27. The molecule has 0 radical (unpaired) electrons. The highest BCUT2D eigenvalue weighted by atomic mass is 31.2. The molecule has 0 aromatic heterocycles. The van der Waals surface area contributed by atoms with Crippen molar-refractivity contribution in [2.24, 2.45) is 0 Å². The lowest BCUT2D eigenvalue weighted by Gasteiger charge is -2.24. The van der Waals surface area contributed by atoms with Crippen molar-refractivity contribution in [1.82, 2.24) is 0 Å². The fourth-order valence-electron chi connectivity index (χ4n) is 9.69. The van der Waals surface area contributed by atoms with Gasteiger partial charge in [-0.15, -0.1) is 0 Å². The zero-order valence-corrected chi connectivity index (χ0v) is 53.5. The Hall–Kier alpha value is -2.29. The predicted molar refractivity (Wildman–Crippen MR) is 340 cm³/mol. The number of unbranched alkanes of at least 4 members (excludes halogenated alkanes) is 38. The fraction of sp³-hybridized carbons (Fsp3) is 0.826. The number of likely N-dealkylation sites (N-methyl/N-ethyl adjacent to an activating group) is 1. The molecule has 0 spiro atoms. The van der Waals surface area contributed by atoms with Crippen LogP contribution in [0.15, 0.2) is 60.8 Å². The zero-order valence-electron chi connectivity index (χ0n) is 52.6. The molecule has 0 fully saturated rings. The summed E-state index contributed by atoms with van der Waals surface area (Å²) in [6, 6.07) is 0. The van der Waals surface area contributed by atoms with Gasteiger partial charge in [-0.2, -0.15) is 0 Å². The van der Waals surface area contributed by atoms with Crippen LogP contribution in [0.3, 0.4) is 0 Å². The van der Waals surface area contributed by atoms with Gasteiger partial charge in [0.1, 0.15) is 19.8 Å². The van der Waals surface area contributed by atoms with Crippen molar-refractivity contribution in [2.45, 2.75) is 322 Å². The summed E-state index contributed by atoms with van der Waals surface area (Å²) in [6.07, 6.45) is 78.9. The lowest BCUT2D eigenvalue weighted by atomic mass is 10.0. The number of nitrogens with zero attached hydrogens (tertiary/aromatic N) is 1. The van der Waals surface area contributed by atoms with Gasteiger partial charge in [-0.05, 0) is 57.8 Å². The molecule has 0 aromatic carbocycles. The molecule has 0 rings (SSSR count). The van der Waals surface area contributed by atoms with Crippen LogP contribution in [0.5, 0.6) is 0 Å². The summed E-state index contributed by atoms with van der Waals surface area (Å²) in [6.45, 7) is 4.38. The Morgan fingerprint density at radius 2 is 0.722 bits per heavy atom. The Labute approximate surface area is 489 Å². The molecular weight excluding hydrogens is 1000 g/mol. The summed E-state index contributed by atoms with van der Waals surface area (Å²) in [7, 11) is 1.49. The van der Waals surface area contributed by atoms with Crippen LogP contribution in [0.2, 0.25) is 0 Å². The lowest BCUT2D eigenvalue weighted by molar-refractivity contribution is -0.870. The molecule has 0 saturated carbocycles. The number of esters is 2. The second kappa shape index (κ2) is 60.3. The number of hydrogen-bond acceptors (Lipinski definition) is 7. The van der Waals surface area contributed by atoms with Crippen LogP contribution in [-0.4, -0.2) is 74.9 Å². The van der Waals surface area contributed by atoms with Gasteiger partial charge in [-0.3, -0.25) is 18.6 Å². The maximum atomic E-state index is 12.9. The first-order chi connectivity index (χ1) is 38.5. The SMILES string of the molecule is CC/C=C\C/C=C\C/C=C\C/C=C\C/C=C\CCCCCCCCCCCCCCCCCCCCCC(=O)OC(COC(=O)CCCCCCCCCCCCCCCCCCCCCC)COP(=O)(O)OCC[N+](C)(C)C. The Kier molecular flexibility index (Phi) is 58.6. The largest absolute Gasteiger partial charge is 0.472 e. The van der Waals surface area contributed by atoms with E-state index in [1.165, 1.54) is 218 Å². The van der Waals surface area contributed by atoms with Crippen molar-refractivity contribution < 1.29 is 42.1 Å². The molecule has 0 amide bonds. The van der Waals surface area contributed by atoms with E-state index in [1.807, 2.05) is 21.1 Å². The summed E-state index contributed by atoms with van der Waals surface area (Å²) in [4.78, 5) is 35.8. The van der Waals surface area contributed by atoms with Gasteiger partial charge in [0.15, 0.2) is 6.10 Å². The van der Waals surface area contributed by atoms with Crippen molar-refractivity contribution in [3.63, 3.8) is 0 Å². The average Bonchev–Trinajstić information content (AvgIpc) is 3.41. The van der Waals surface area contributed by atoms with Crippen molar-refractivity contribution in [3.05, 3.63) is 60.8 Å². The maximum absolute atomic E-state index is 12.9. The molecular formula is C69H129NO8P+. The summed E-state index contributed by atoms with van der Waals surface area (Å²) < 4.78 is 34.7. The first kappa shape index (κ1) is 76.7. The van der Waals surface area contributed by atoms with Gasteiger partial charge in [-0.1, -0.05) is 306 Å². The summed E-state index contributed by atoms with van der Waals surface area (Å²) >= 11 is 0. The number of ether oxygens (including phenoxy) is 2. The van der Waals surface area contributed by atoms with Crippen molar-refractivity contribution >= 4 is 19.8 Å². The standard InChI is InChI=1S/C69H128NO8P/c1-6-8-10-12-14-16-18-20-22-24-26-28-29-30-31-32-33-34-35-36-37-38-39-40-41-42-44-46-48-50-52-54-56-58-60-62-69(72)78-67(66-77-79(73,74)76-64-63-70(3,4)5)65-75-68(71)61-59-57-55-53-51-49-47-45-43-27-25-23-21-19-17-15-13-11-9-7-2/h8,10,14,16,20,22,26,28,30-31,67H,6-7,9,11-13,15,17-19,21,23-25,27,29,32-66H2,1-5H3/p+1/b10-8-,16-14-,22-20-,28-26-,31-30-. The Morgan fingerprint density at radius 3 is 1.08 bits per heavy atom. The van der Waals surface area contributed by atoms with E-state index in [-0.39, 0.29) is 25.6 Å². The normalized spacial score (nSPS) is 13.5. The van der Waals surface area contributed by atoms with E-state index in [1.54, 1.807) is 0 Å². The van der Waals surface area contributed by atoms with Crippen molar-refractivity contribution in [3.8, 4) is 0 Å². The molecule has 10 heteroatoms. The number of hydrogen-bond donors (Lipinski definition) is 1. The quantitative estimate of drug-likeness (QED) is 0.0211. The minimum Gasteiger partial charge on any atom is -0.462 e. The van der Waals surface area contributed by atoms with Crippen LogP contribution in [0, 0.1) is 0 Å². The maximum Gasteiger partial charge on any atom is 0.472 e. The molecule has 0 bridgehead atoms. The topological polar surface area (TPSA) is 108 Å². The smallest absolute Gasteiger partial charge is 0.462 e. The van der Waals surface area contributed by atoms with E-state index < -0.39 is 26.5 Å². The molecule has 1 N–H and O–H groups in total. The number of phosphoric ester groups is 1. The molecule has 0 aliphatic carbocycles. The van der Waals surface area contributed by atoms with Gasteiger partial charge in [-0.25, -0.2) is 4.57 Å². The number of carbonyl (C=O) groups is 2. The minimum absolute atomic E-state index is 0.0337. The number of carbonyl (C=O) groups excluding carboxylic acids is 2. The average molecular weight is 1130 g/mol. The van der Waals surface area contributed by atoms with Gasteiger partial charge in [0.05, 0.1) is 27.7 Å². The van der Waals surface area contributed by atoms with Gasteiger partial charge in [0.2, 0.25) is 0 Å². The van der Waals surface area contributed by atoms with Crippen LogP contribution in [0.1, 0.15) is 316 Å². The van der Waals surface area contributed by atoms with Crippen LogP contribution in [-0.2, 0) is 32.7 Å². The van der Waals surface area contributed by atoms with E-state index in [0.29, 0.717) is 23.9 Å². The van der Waals surface area contributed by atoms with E-state index in [0.717, 1.165) is 64.2 Å². The Morgan fingerprint density at radius 1 is 0.405 bits per heavy atom. The van der Waals surface area contributed by atoms with Crippen LogP contribution in [0.25, 0.3) is 0 Å². The molecule has 0 heterocycles. The molecule has 0 saturated heterocycles. The predicted octanol–water partition coefficient (Wildman–Crippen LogP) is 21.4. The van der Waals surface area contributed by atoms with Crippen LogP contribution < -0.4 is 0 Å². The Balaban J connectivity index is 3.99. The van der Waals surface area contributed by atoms with Gasteiger partial charge >= 0.3 is 19.8 Å². The number of rotatable bonds is 62. The summed E-state index contributed by atoms with van der Waals surface area (Å²) in [5.74, 6) is -0.779. The number of quaternary nitrogens is 1. The second-order valence-electron chi connectivity index (χ2n) is 23.8. The van der Waals surface area contributed by atoms with E-state index >= 15 is 0 Å². The first-order valence-corrected chi connectivity index (χ1v) is 35.0. The molecule has 79 heavy (non-hydrogen) atoms. The van der Waals surface area contributed by atoms with E-state index in [4.69, 9.17) is 18.5 Å². The van der Waals surface area contributed by atoms with Crippen LogP contribution in [0.4, 0.5) is 0 Å². The van der Waals surface area contributed by atoms with Crippen LogP contribution >= 0.6 is 7.82 Å². The summed E-state index contributed by atoms with van der Waals surface area (Å²) in [5.41, 5.74) is 0.